The lowest BCUT2D eigenvalue weighted by Gasteiger charge is -2.23. The minimum atomic E-state index is -0.221. The zero-order chi connectivity index (χ0) is 31.4. The molecule has 0 saturated heterocycles. The van der Waals surface area contributed by atoms with E-state index in [0.29, 0.717) is 22.4 Å². The van der Waals surface area contributed by atoms with Crippen molar-refractivity contribution in [1.82, 2.24) is 24.1 Å². The number of hydrogen-bond donors (Lipinski definition) is 0. The van der Waals surface area contributed by atoms with Gasteiger partial charge >= 0.3 is 0 Å². The van der Waals surface area contributed by atoms with Crippen LogP contribution < -0.4 is 5.56 Å². The molecule has 0 radical (unpaired) electrons. The van der Waals surface area contributed by atoms with Crippen LogP contribution in [0.25, 0.3) is 77.1 Å². The molecule has 9 aromatic rings. The Hall–Kier alpha value is -6.14. The van der Waals surface area contributed by atoms with Gasteiger partial charge in [0, 0.05) is 45.0 Å². The first-order valence-electron chi connectivity index (χ1n) is 15.8. The molecular weight excluding hydrogens is 578 g/mol. The lowest BCUT2D eigenvalue weighted by molar-refractivity contribution is 0.667. The molecule has 1 aliphatic rings. The van der Waals surface area contributed by atoms with Gasteiger partial charge in [0.1, 0.15) is 5.52 Å². The highest BCUT2D eigenvalue weighted by Gasteiger charge is 2.38. The van der Waals surface area contributed by atoms with Crippen LogP contribution in [0.2, 0.25) is 0 Å². The first kappa shape index (κ1) is 26.1. The Labute approximate surface area is 269 Å². The number of fused-ring (bicyclic) bond motifs is 11. The van der Waals surface area contributed by atoms with Gasteiger partial charge in [-0.05, 0) is 69.4 Å². The van der Waals surface area contributed by atoms with Crippen LogP contribution in [-0.2, 0) is 5.41 Å². The number of hydrogen-bond acceptors (Lipinski definition) is 4. The number of pyridine rings is 2. The summed E-state index contributed by atoms with van der Waals surface area (Å²) in [5.41, 5.74) is 8.60. The molecule has 0 N–H and O–H groups in total. The summed E-state index contributed by atoms with van der Waals surface area (Å²) < 4.78 is 3.81. The van der Waals surface area contributed by atoms with Gasteiger partial charge in [-0.1, -0.05) is 86.6 Å². The summed E-state index contributed by atoms with van der Waals surface area (Å²) in [5, 5.41) is 6.36. The van der Waals surface area contributed by atoms with Crippen molar-refractivity contribution >= 4 is 54.4 Å². The fourth-order valence-electron chi connectivity index (χ4n) is 7.96. The molecule has 4 heterocycles. The van der Waals surface area contributed by atoms with Crippen LogP contribution >= 0.6 is 0 Å². The van der Waals surface area contributed by atoms with Gasteiger partial charge < -0.3 is 0 Å². The molecule has 0 atom stereocenters. The van der Waals surface area contributed by atoms with Crippen LogP contribution in [0.3, 0.4) is 0 Å². The number of aromatic nitrogens is 5. The number of benzene rings is 5. The van der Waals surface area contributed by atoms with Crippen molar-refractivity contribution in [1.29, 1.82) is 0 Å². The SMILES string of the molecule is CC1(C)c2cc3c(cc2-c2ccc4ccccc4c21)c1ccccc1n3-c1ncc2c(n1)c(=O)n(-c1ccccc1)c1cnccc21. The van der Waals surface area contributed by atoms with Crippen molar-refractivity contribution in [3.8, 4) is 22.8 Å². The molecule has 0 amide bonds. The van der Waals surface area contributed by atoms with E-state index in [4.69, 9.17) is 9.97 Å². The van der Waals surface area contributed by atoms with Crippen molar-refractivity contribution in [3.63, 3.8) is 0 Å². The van der Waals surface area contributed by atoms with Gasteiger partial charge in [0.05, 0.1) is 22.7 Å². The van der Waals surface area contributed by atoms with Crippen molar-refractivity contribution in [2.24, 2.45) is 0 Å². The zero-order valence-electron chi connectivity index (χ0n) is 25.8. The van der Waals surface area contributed by atoms with Crippen LogP contribution in [0.4, 0.5) is 0 Å². The van der Waals surface area contributed by atoms with E-state index >= 15 is 0 Å². The van der Waals surface area contributed by atoms with E-state index in [9.17, 15) is 4.79 Å². The smallest absolute Gasteiger partial charge is 0.278 e. The van der Waals surface area contributed by atoms with Crippen LogP contribution in [0.15, 0.2) is 133 Å². The van der Waals surface area contributed by atoms with Crippen LogP contribution in [-0.4, -0.2) is 24.1 Å². The van der Waals surface area contributed by atoms with Crippen LogP contribution in [0, 0.1) is 0 Å². The maximum absolute atomic E-state index is 14.3. The molecule has 0 fully saturated rings. The maximum atomic E-state index is 14.3. The Kier molecular flexibility index (Phi) is 5.12. The van der Waals surface area contributed by atoms with E-state index < -0.39 is 0 Å². The highest BCUT2D eigenvalue weighted by Crippen LogP contribution is 2.53. The number of nitrogens with zero attached hydrogens (tertiary/aromatic N) is 5. The minimum absolute atomic E-state index is 0.208. The maximum Gasteiger partial charge on any atom is 0.282 e. The van der Waals surface area contributed by atoms with Gasteiger partial charge in [-0.15, -0.1) is 0 Å². The average molecular weight is 606 g/mol. The second kappa shape index (κ2) is 9.21. The summed E-state index contributed by atoms with van der Waals surface area (Å²) in [5.74, 6) is 0.465. The quantitative estimate of drug-likeness (QED) is 0.185. The standard InChI is InChI=1S/C41H27N5O/c1-41(2)33-21-35-31(20-30(33)29-17-16-24-10-6-7-13-26(24)37(29)41)27-14-8-9-15-34(27)46(35)40-43-22-32-28-18-19-42-23-36(28)45(39(47)38(32)44-40)25-11-4-3-5-12-25/h3-23H,1-2H3. The van der Waals surface area contributed by atoms with Crippen molar-refractivity contribution < 1.29 is 0 Å². The molecule has 0 saturated carbocycles. The first-order valence-corrected chi connectivity index (χ1v) is 15.8. The Balaban J connectivity index is 1.28. The molecule has 5 aromatic carbocycles. The summed E-state index contributed by atoms with van der Waals surface area (Å²) in [6.07, 6.45) is 5.26. The summed E-state index contributed by atoms with van der Waals surface area (Å²) in [6, 6.07) is 37.8. The van der Waals surface area contributed by atoms with Crippen molar-refractivity contribution in [3.05, 3.63) is 149 Å². The number of rotatable bonds is 2. The molecule has 4 aromatic heterocycles. The molecular formula is C41H27N5O. The minimum Gasteiger partial charge on any atom is -0.278 e. The predicted molar refractivity (Wildman–Crippen MR) is 190 cm³/mol. The van der Waals surface area contributed by atoms with Crippen molar-refractivity contribution in [2.75, 3.05) is 0 Å². The molecule has 0 aliphatic heterocycles. The van der Waals surface area contributed by atoms with E-state index in [-0.39, 0.29) is 11.0 Å². The molecule has 6 heteroatoms. The predicted octanol–water partition coefficient (Wildman–Crippen LogP) is 8.89. The van der Waals surface area contributed by atoms with E-state index in [1.165, 1.54) is 33.0 Å². The van der Waals surface area contributed by atoms with Crippen LogP contribution in [0.5, 0.6) is 0 Å². The van der Waals surface area contributed by atoms with Gasteiger partial charge in [0.2, 0.25) is 5.95 Å². The van der Waals surface area contributed by atoms with E-state index in [2.05, 4.69) is 90.1 Å². The fraction of sp³-hybridized carbons (Fsp3) is 0.0732. The third-order valence-electron chi connectivity index (χ3n) is 10.1. The molecule has 222 valence electrons. The van der Waals surface area contributed by atoms with Gasteiger partial charge in [-0.25, -0.2) is 9.97 Å². The molecule has 6 nitrogen and oxygen atoms in total. The zero-order valence-corrected chi connectivity index (χ0v) is 25.8. The summed E-state index contributed by atoms with van der Waals surface area (Å²) >= 11 is 0. The van der Waals surface area contributed by atoms with Gasteiger partial charge in [0.25, 0.3) is 5.56 Å². The molecule has 0 unspecified atom stereocenters. The van der Waals surface area contributed by atoms with E-state index in [1.807, 2.05) is 42.5 Å². The molecule has 47 heavy (non-hydrogen) atoms. The third-order valence-corrected chi connectivity index (χ3v) is 10.1. The van der Waals surface area contributed by atoms with Gasteiger partial charge in [-0.3, -0.25) is 18.9 Å². The summed E-state index contributed by atoms with van der Waals surface area (Å²) in [7, 11) is 0. The van der Waals surface area contributed by atoms with E-state index in [1.54, 1.807) is 23.2 Å². The molecule has 0 spiro atoms. The Morgan fingerprint density at radius 2 is 1.38 bits per heavy atom. The lowest BCUT2D eigenvalue weighted by atomic mass is 9.80. The summed E-state index contributed by atoms with van der Waals surface area (Å²) in [6.45, 7) is 4.64. The molecule has 1 aliphatic carbocycles. The highest BCUT2D eigenvalue weighted by molar-refractivity contribution is 6.12. The highest BCUT2D eigenvalue weighted by atomic mass is 16.1. The average Bonchev–Trinajstić information content (AvgIpc) is 3.56. The Morgan fingerprint density at radius 3 is 2.26 bits per heavy atom. The summed E-state index contributed by atoms with van der Waals surface area (Å²) in [4.78, 5) is 28.6. The van der Waals surface area contributed by atoms with Crippen LogP contribution in [0.1, 0.15) is 25.0 Å². The lowest BCUT2D eigenvalue weighted by Crippen LogP contribution is -2.21. The van der Waals surface area contributed by atoms with Gasteiger partial charge in [-0.2, -0.15) is 0 Å². The largest absolute Gasteiger partial charge is 0.282 e. The third kappa shape index (κ3) is 3.44. The normalized spacial score (nSPS) is 13.6. The topological polar surface area (TPSA) is 65.6 Å². The first-order chi connectivity index (χ1) is 23.0. The second-order valence-electron chi connectivity index (χ2n) is 12.9. The Morgan fingerprint density at radius 1 is 0.617 bits per heavy atom. The fourth-order valence-corrected chi connectivity index (χ4v) is 7.96. The molecule has 0 bridgehead atoms. The second-order valence-corrected chi connectivity index (χ2v) is 12.9. The van der Waals surface area contributed by atoms with Gasteiger partial charge in [0.15, 0.2) is 0 Å². The van der Waals surface area contributed by atoms with Crippen molar-refractivity contribution in [2.45, 2.75) is 19.3 Å². The van der Waals surface area contributed by atoms with E-state index in [0.717, 1.165) is 32.9 Å². The number of para-hydroxylation sites is 2. The molecule has 10 rings (SSSR count). The monoisotopic (exact) mass is 605 g/mol. The Bertz CT molecular complexity index is 2850.